The molecule has 3 N–H and O–H groups in total. The molecule has 3 aromatic heterocycles. The van der Waals surface area contributed by atoms with E-state index in [1.165, 1.54) is 24.3 Å². The minimum absolute atomic E-state index is 0.0193. The number of hydrogen-bond acceptors (Lipinski definition) is 8. The van der Waals surface area contributed by atoms with Crippen LogP contribution in [0, 0.1) is 25.1 Å². The molecule has 7 rings (SSSR count). The normalized spacial score (nSPS) is 19.8. The van der Waals surface area contributed by atoms with Gasteiger partial charge in [-0.3, -0.25) is 4.90 Å². The maximum absolute atomic E-state index is 14.8. The predicted octanol–water partition coefficient (Wildman–Crippen LogP) is 5.43. The van der Waals surface area contributed by atoms with E-state index >= 15 is 0 Å². The summed E-state index contributed by atoms with van der Waals surface area (Å²) < 4.78 is 41.3. The lowest BCUT2D eigenvalue weighted by Crippen LogP contribution is -2.43. The Labute approximate surface area is 250 Å². The zero-order valence-corrected chi connectivity index (χ0v) is 23.9. The van der Waals surface area contributed by atoms with Gasteiger partial charge >= 0.3 is 11.6 Å². The SMILES string of the molecule is C#Cc1c(F)ccc2cc(O)cc(-c3oc(=O)c4c(NCc5ccc[nH]5)nc(OC[C@@]56CCCN5C[C@H](F)C6)nc4c3C)c12. The summed E-state index contributed by atoms with van der Waals surface area (Å²) in [4.78, 5) is 28.1. The number of fused-ring (bicyclic) bond motifs is 3. The highest BCUT2D eigenvalue weighted by atomic mass is 19.1. The van der Waals surface area contributed by atoms with Gasteiger partial charge in [-0.05, 0) is 62.0 Å². The molecule has 2 atom stereocenters. The third-order valence-corrected chi connectivity index (χ3v) is 8.76. The van der Waals surface area contributed by atoms with Crippen LogP contribution in [0.1, 0.15) is 36.1 Å². The highest BCUT2D eigenvalue weighted by Crippen LogP contribution is 2.41. The molecule has 0 saturated carbocycles. The minimum atomic E-state index is -0.918. The van der Waals surface area contributed by atoms with Crippen molar-refractivity contribution in [3.05, 3.63) is 75.7 Å². The van der Waals surface area contributed by atoms with Crippen molar-refractivity contribution in [1.29, 1.82) is 0 Å². The smallest absolute Gasteiger partial charge is 0.349 e. The number of benzene rings is 2. The molecule has 2 fully saturated rings. The van der Waals surface area contributed by atoms with Gasteiger partial charge in [0.05, 0.1) is 23.2 Å². The van der Waals surface area contributed by atoms with Crippen molar-refractivity contribution in [2.24, 2.45) is 0 Å². The zero-order chi connectivity index (χ0) is 30.6. The summed E-state index contributed by atoms with van der Waals surface area (Å²) in [5, 5.41) is 14.6. The Balaban J connectivity index is 1.39. The first kappa shape index (κ1) is 27.9. The van der Waals surface area contributed by atoms with E-state index in [-0.39, 0.29) is 52.0 Å². The molecular weight excluding hydrogens is 568 g/mol. The highest BCUT2D eigenvalue weighted by molar-refractivity contribution is 6.03. The number of halogens is 2. The lowest BCUT2D eigenvalue weighted by Gasteiger charge is -2.30. The van der Waals surface area contributed by atoms with Gasteiger partial charge in [0.1, 0.15) is 41.3 Å². The monoisotopic (exact) mass is 597 g/mol. The van der Waals surface area contributed by atoms with Crippen LogP contribution in [0.25, 0.3) is 33.0 Å². The number of phenols is 1. The number of aromatic hydroxyl groups is 1. The van der Waals surface area contributed by atoms with E-state index in [1.807, 2.05) is 12.1 Å². The first-order valence-electron chi connectivity index (χ1n) is 14.4. The first-order chi connectivity index (χ1) is 21.3. The second-order valence-electron chi connectivity index (χ2n) is 11.5. The number of phenolic OH excluding ortho intramolecular Hbond substituents is 1. The highest BCUT2D eigenvalue weighted by Gasteiger charge is 2.49. The molecular formula is C33H29F2N5O4. The van der Waals surface area contributed by atoms with Crippen molar-refractivity contribution in [3.8, 4) is 35.4 Å². The van der Waals surface area contributed by atoms with Gasteiger partial charge in [0.2, 0.25) is 0 Å². The number of rotatable bonds is 7. The number of terminal acetylenes is 1. The Kier molecular flexibility index (Phi) is 6.74. The van der Waals surface area contributed by atoms with Crippen LogP contribution in [0.3, 0.4) is 0 Å². The molecule has 0 spiro atoms. The van der Waals surface area contributed by atoms with Gasteiger partial charge in [-0.1, -0.05) is 12.0 Å². The van der Waals surface area contributed by atoms with Crippen LogP contribution in [0.4, 0.5) is 14.6 Å². The maximum atomic E-state index is 14.8. The number of aromatic amines is 1. The van der Waals surface area contributed by atoms with Crippen molar-refractivity contribution in [2.45, 2.75) is 44.4 Å². The van der Waals surface area contributed by atoms with Gasteiger partial charge in [0.25, 0.3) is 0 Å². The van der Waals surface area contributed by atoms with Crippen molar-refractivity contribution in [3.63, 3.8) is 0 Å². The van der Waals surface area contributed by atoms with Gasteiger partial charge in [0.15, 0.2) is 0 Å². The Morgan fingerprint density at radius 1 is 1.30 bits per heavy atom. The molecule has 2 aliphatic heterocycles. The van der Waals surface area contributed by atoms with Gasteiger partial charge < -0.3 is 24.6 Å². The topological polar surface area (TPSA) is 117 Å². The Hall–Kier alpha value is -4.95. The second-order valence-corrected chi connectivity index (χ2v) is 11.5. The van der Waals surface area contributed by atoms with Gasteiger partial charge in [-0.25, -0.2) is 13.6 Å². The fraction of sp³-hybridized carbons (Fsp3) is 0.303. The van der Waals surface area contributed by atoms with Crippen LogP contribution in [-0.4, -0.2) is 56.4 Å². The Morgan fingerprint density at radius 2 is 2.16 bits per heavy atom. The molecule has 2 aromatic carbocycles. The predicted molar refractivity (Wildman–Crippen MR) is 162 cm³/mol. The number of aromatic nitrogens is 3. The van der Waals surface area contributed by atoms with Gasteiger partial charge in [0, 0.05) is 41.4 Å². The molecule has 44 heavy (non-hydrogen) atoms. The van der Waals surface area contributed by atoms with Gasteiger partial charge in [-0.15, -0.1) is 6.42 Å². The standard InChI is InChI=1S/C33H29F2N5O4/c1-3-23-25(35)8-7-19-12-22(41)13-24(26(19)23)29-18(2)28-27(31(42)44-29)30(37-15-21-6-4-10-36-21)39-32(38-28)43-17-33-9-5-11-40(33)16-20(34)14-33/h1,4,6-8,10,12-13,20,36,41H,5,9,11,14-17H2,2H3,(H,37,38,39)/t20-,33+/m1/s1. The fourth-order valence-corrected chi connectivity index (χ4v) is 6.73. The van der Waals surface area contributed by atoms with E-state index in [9.17, 15) is 18.7 Å². The number of hydrogen-bond donors (Lipinski definition) is 3. The van der Waals surface area contributed by atoms with E-state index in [0.717, 1.165) is 25.1 Å². The fourth-order valence-electron chi connectivity index (χ4n) is 6.73. The summed E-state index contributed by atoms with van der Waals surface area (Å²) in [6, 6.07) is 9.32. The van der Waals surface area contributed by atoms with Crippen LogP contribution < -0.4 is 15.7 Å². The van der Waals surface area contributed by atoms with Gasteiger partial charge in [-0.2, -0.15) is 9.97 Å². The number of ether oxygens (including phenoxy) is 1. The summed E-state index contributed by atoms with van der Waals surface area (Å²) >= 11 is 0. The number of nitrogens with one attached hydrogen (secondary N) is 2. The van der Waals surface area contributed by atoms with Crippen LogP contribution in [0.5, 0.6) is 11.8 Å². The molecule has 224 valence electrons. The van der Waals surface area contributed by atoms with Crippen molar-refractivity contribution in [2.75, 3.05) is 25.0 Å². The van der Waals surface area contributed by atoms with Crippen LogP contribution in [0.2, 0.25) is 0 Å². The summed E-state index contributed by atoms with van der Waals surface area (Å²) in [7, 11) is 0. The maximum Gasteiger partial charge on any atom is 0.349 e. The minimum Gasteiger partial charge on any atom is -0.508 e. The van der Waals surface area contributed by atoms with Crippen LogP contribution in [-0.2, 0) is 6.54 Å². The Morgan fingerprint density at radius 3 is 2.95 bits per heavy atom. The molecule has 0 unspecified atom stereocenters. The molecule has 11 heteroatoms. The summed E-state index contributed by atoms with van der Waals surface area (Å²) in [5.41, 5.74) is 0.580. The van der Waals surface area contributed by atoms with Crippen molar-refractivity contribution < 1.29 is 23.0 Å². The summed E-state index contributed by atoms with van der Waals surface area (Å²) in [5.74, 6) is 1.92. The number of aryl methyl sites for hydroxylation is 1. The van der Waals surface area contributed by atoms with Crippen LogP contribution >= 0.6 is 0 Å². The van der Waals surface area contributed by atoms with E-state index in [2.05, 4.69) is 31.1 Å². The Bertz CT molecular complexity index is 2020. The number of alkyl halides is 1. The summed E-state index contributed by atoms with van der Waals surface area (Å²) in [6.07, 6.45) is 8.70. The molecule has 2 saturated heterocycles. The van der Waals surface area contributed by atoms with E-state index in [1.54, 1.807) is 13.1 Å². The van der Waals surface area contributed by atoms with E-state index in [4.69, 9.17) is 15.6 Å². The molecule has 0 radical (unpaired) electrons. The lowest BCUT2D eigenvalue weighted by atomic mass is 9.95. The lowest BCUT2D eigenvalue weighted by molar-refractivity contribution is 0.107. The number of anilines is 1. The van der Waals surface area contributed by atoms with Crippen molar-refractivity contribution in [1.82, 2.24) is 19.9 Å². The van der Waals surface area contributed by atoms with E-state index in [0.29, 0.717) is 35.8 Å². The van der Waals surface area contributed by atoms with E-state index < -0.39 is 23.2 Å². The average Bonchev–Trinajstić information content (AvgIpc) is 3.73. The molecule has 5 heterocycles. The third kappa shape index (κ3) is 4.62. The zero-order valence-electron chi connectivity index (χ0n) is 23.9. The average molecular weight is 598 g/mol. The molecule has 0 aliphatic carbocycles. The second kappa shape index (κ2) is 10.6. The molecule has 9 nitrogen and oxygen atoms in total. The number of H-pyrrole nitrogens is 1. The largest absolute Gasteiger partial charge is 0.508 e. The quantitative estimate of drug-likeness (QED) is 0.213. The number of nitrogens with zero attached hydrogens (tertiary/aromatic N) is 3. The van der Waals surface area contributed by atoms with Crippen molar-refractivity contribution >= 4 is 27.5 Å². The first-order valence-corrected chi connectivity index (χ1v) is 14.4. The molecule has 5 aromatic rings. The summed E-state index contributed by atoms with van der Waals surface area (Å²) in [6.45, 7) is 3.42. The molecule has 0 bridgehead atoms. The van der Waals surface area contributed by atoms with Crippen LogP contribution in [0.15, 0.2) is 51.8 Å². The molecule has 2 aliphatic rings. The third-order valence-electron chi connectivity index (χ3n) is 8.76. The molecule has 0 amide bonds.